The molecule has 1 aromatic carbocycles. The van der Waals surface area contributed by atoms with Crippen molar-refractivity contribution in [3.63, 3.8) is 0 Å². The summed E-state index contributed by atoms with van der Waals surface area (Å²) >= 11 is 0. The Kier molecular flexibility index (Phi) is 8.94. The predicted molar refractivity (Wildman–Crippen MR) is 96.0 cm³/mol. The van der Waals surface area contributed by atoms with Crippen molar-refractivity contribution in [3.8, 4) is 0 Å². The maximum Gasteiger partial charge on any atom is 0.229 e. The first-order chi connectivity index (χ1) is 12.0. The van der Waals surface area contributed by atoms with Crippen LogP contribution in [0, 0.1) is 5.92 Å². The normalized spacial score (nSPS) is 11.9. The Labute approximate surface area is 169 Å². The van der Waals surface area contributed by atoms with E-state index in [1.54, 1.807) is 18.2 Å². The molecule has 0 spiro atoms. The number of nitrogens with zero attached hydrogens (tertiary/aromatic N) is 3. The number of hydrogen-bond donors (Lipinski definition) is 1. The third-order valence-corrected chi connectivity index (χ3v) is 4.95. The Balaban J connectivity index is 0.00000338. The molecule has 7 nitrogen and oxygen atoms in total. The third-order valence-electron chi connectivity index (χ3n) is 3.67. The molecule has 0 saturated heterocycles. The van der Waals surface area contributed by atoms with E-state index in [1.165, 1.54) is 24.5 Å². The molecule has 1 unspecified atom stereocenters. The molecule has 26 heavy (non-hydrogen) atoms. The molecule has 0 aliphatic carbocycles. The third kappa shape index (κ3) is 6.21. The standard InChI is InChI=1S/C17H22N4O3S.Ag/c1-3-6-13(4-2)16(22)20-14-7-9-15(10-8-14)25(23,24)21-17-18-11-5-12-19-17;/h5,7-13H,3-4,6H2,1-2H3,(H2,18,19,20,21,22);/p-1. The van der Waals surface area contributed by atoms with Crippen molar-refractivity contribution in [3.05, 3.63) is 47.4 Å². The second kappa shape index (κ2) is 10.4. The van der Waals surface area contributed by atoms with Crippen LogP contribution < -0.4 is 5.32 Å². The molecular formula is C17H21AgN4O3S-. The van der Waals surface area contributed by atoms with E-state index in [-0.39, 0.29) is 45.0 Å². The van der Waals surface area contributed by atoms with Gasteiger partial charge >= 0.3 is 0 Å². The molecule has 0 fully saturated rings. The number of hydrogen-bond acceptors (Lipinski definition) is 5. The maximum absolute atomic E-state index is 12.2. The molecule has 145 valence electrons. The van der Waals surface area contributed by atoms with Gasteiger partial charge in [-0.05, 0) is 49.5 Å². The van der Waals surface area contributed by atoms with Gasteiger partial charge in [-0.25, -0.2) is 8.42 Å². The number of amides is 1. The smallest absolute Gasteiger partial charge is 0.229 e. The van der Waals surface area contributed by atoms with Crippen molar-refractivity contribution in [2.24, 2.45) is 5.92 Å². The second-order valence-electron chi connectivity index (χ2n) is 5.52. The molecule has 1 atom stereocenters. The van der Waals surface area contributed by atoms with Crippen molar-refractivity contribution < 1.29 is 35.6 Å². The molecule has 1 heterocycles. The van der Waals surface area contributed by atoms with Gasteiger partial charge in [0.15, 0.2) is 0 Å². The van der Waals surface area contributed by atoms with Gasteiger partial charge in [0, 0.05) is 39.9 Å². The summed E-state index contributed by atoms with van der Waals surface area (Å²) in [7, 11) is -3.90. The molecule has 1 aromatic heterocycles. The van der Waals surface area contributed by atoms with Crippen LogP contribution in [0.25, 0.3) is 4.72 Å². The fraction of sp³-hybridized carbons (Fsp3) is 0.353. The predicted octanol–water partition coefficient (Wildman–Crippen LogP) is 3.63. The van der Waals surface area contributed by atoms with E-state index in [9.17, 15) is 13.2 Å². The van der Waals surface area contributed by atoms with Crippen LogP contribution in [0.15, 0.2) is 47.6 Å². The molecule has 2 aromatic rings. The van der Waals surface area contributed by atoms with Gasteiger partial charge < -0.3 is 15.3 Å². The van der Waals surface area contributed by atoms with Crippen LogP contribution in [0.3, 0.4) is 0 Å². The summed E-state index contributed by atoms with van der Waals surface area (Å²) in [4.78, 5) is 19.8. The summed E-state index contributed by atoms with van der Waals surface area (Å²) in [6.45, 7) is 4.01. The molecule has 0 aliphatic rings. The van der Waals surface area contributed by atoms with Crippen molar-refractivity contribution in [2.75, 3.05) is 5.32 Å². The van der Waals surface area contributed by atoms with E-state index >= 15 is 0 Å². The summed E-state index contributed by atoms with van der Waals surface area (Å²) in [6.07, 6.45) is 5.36. The van der Waals surface area contributed by atoms with E-state index in [0.29, 0.717) is 5.69 Å². The number of carbonyl (C=O) groups excluding carboxylic acids is 1. The van der Waals surface area contributed by atoms with Crippen LogP contribution in [-0.4, -0.2) is 24.3 Å². The van der Waals surface area contributed by atoms with Crippen molar-refractivity contribution in [2.45, 2.75) is 38.0 Å². The molecule has 2 rings (SSSR count). The quantitative estimate of drug-likeness (QED) is 0.595. The molecule has 0 saturated carbocycles. The number of carbonyl (C=O) groups is 1. The first kappa shape index (κ1) is 22.3. The number of nitrogens with one attached hydrogen (secondary N) is 1. The number of aromatic nitrogens is 2. The molecule has 0 bridgehead atoms. The van der Waals surface area contributed by atoms with Gasteiger partial charge in [-0.1, -0.05) is 26.3 Å². The van der Waals surface area contributed by atoms with Crippen molar-refractivity contribution in [1.82, 2.24) is 9.97 Å². The first-order valence-corrected chi connectivity index (χ1v) is 9.56. The number of rotatable bonds is 8. The monoisotopic (exact) mass is 468 g/mol. The zero-order valence-electron chi connectivity index (χ0n) is 14.5. The van der Waals surface area contributed by atoms with Gasteiger partial charge in [-0.15, -0.1) is 0 Å². The summed E-state index contributed by atoms with van der Waals surface area (Å²) in [5.41, 5.74) is 0.550. The largest absolute Gasteiger partial charge is 0.366 e. The molecule has 1 amide bonds. The van der Waals surface area contributed by atoms with Gasteiger partial charge in [-0.3, -0.25) is 9.52 Å². The minimum absolute atomic E-state index is 0. The van der Waals surface area contributed by atoms with Crippen molar-refractivity contribution in [1.29, 1.82) is 0 Å². The minimum atomic E-state index is -3.90. The fourth-order valence-corrected chi connectivity index (χ4v) is 3.22. The summed E-state index contributed by atoms with van der Waals surface area (Å²) < 4.78 is 28.1. The minimum Gasteiger partial charge on any atom is -0.366 e. The van der Waals surface area contributed by atoms with E-state index in [0.717, 1.165) is 19.3 Å². The van der Waals surface area contributed by atoms with Crippen LogP contribution in [0.1, 0.15) is 33.1 Å². The average Bonchev–Trinajstić information content (AvgIpc) is 2.60. The van der Waals surface area contributed by atoms with Gasteiger partial charge in [-0.2, -0.15) is 0 Å². The van der Waals surface area contributed by atoms with E-state index in [4.69, 9.17) is 0 Å². The number of sulfonamides is 1. The Hall–Kier alpha value is -1.74. The number of anilines is 1. The SMILES string of the molecule is CCCC(CC)C(=O)Nc1ccc(S(=O)(=O)[N-]c2ncccn2)cc1.[Ag]. The van der Waals surface area contributed by atoms with Crippen LogP contribution >= 0.6 is 0 Å². The molecular weight excluding hydrogens is 448 g/mol. The Morgan fingerprint density at radius 2 is 1.77 bits per heavy atom. The van der Waals surface area contributed by atoms with E-state index < -0.39 is 10.0 Å². The summed E-state index contributed by atoms with van der Waals surface area (Å²) in [6, 6.07) is 7.47. The topological polar surface area (TPSA) is 103 Å². The van der Waals surface area contributed by atoms with Crippen LogP contribution in [0.5, 0.6) is 0 Å². The Morgan fingerprint density at radius 3 is 2.31 bits per heavy atom. The molecule has 9 heteroatoms. The van der Waals surface area contributed by atoms with E-state index in [2.05, 4.69) is 20.0 Å². The zero-order valence-corrected chi connectivity index (χ0v) is 16.8. The van der Waals surface area contributed by atoms with Gasteiger partial charge in [0.2, 0.25) is 15.9 Å². The van der Waals surface area contributed by atoms with Crippen LogP contribution in [0.2, 0.25) is 0 Å². The van der Waals surface area contributed by atoms with Crippen LogP contribution in [0.4, 0.5) is 11.6 Å². The average molecular weight is 469 g/mol. The first-order valence-electron chi connectivity index (χ1n) is 8.12. The molecule has 1 N–H and O–H groups in total. The zero-order chi connectivity index (χ0) is 18.3. The number of benzene rings is 1. The Morgan fingerprint density at radius 1 is 1.15 bits per heavy atom. The fourth-order valence-electron chi connectivity index (χ4n) is 2.32. The molecule has 0 aliphatic heterocycles. The van der Waals surface area contributed by atoms with E-state index in [1.807, 2.05) is 13.8 Å². The van der Waals surface area contributed by atoms with Crippen LogP contribution in [-0.2, 0) is 37.2 Å². The maximum atomic E-state index is 12.2. The Bertz CT molecular complexity index is 799. The summed E-state index contributed by atoms with van der Waals surface area (Å²) in [5, 5.41) is 2.82. The van der Waals surface area contributed by atoms with Gasteiger partial charge in [0.1, 0.15) is 0 Å². The second-order valence-corrected chi connectivity index (χ2v) is 7.13. The van der Waals surface area contributed by atoms with Gasteiger partial charge in [0.25, 0.3) is 0 Å². The van der Waals surface area contributed by atoms with Crippen molar-refractivity contribution >= 4 is 27.6 Å². The van der Waals surface area contributed by atoms with Gasteiger partial charge in [0.05, 0.1) is 4.90 Å². The summed E-state index contributed by atoms with van der Waals surface area (Å²) in [5.74, 6) is -0.216. The molecule has 1 radical (unpaired) electrons.